The van der Waals surface area contributed by atoms with Crippen LogP contribution >= 0.6 is 0 Å². The van der Waals surface area contributed by atoms with Gasteiger partial charge in [0.1, 0.15) is 0 Å². The van der Waals surface area contributed by atoms with E-state index in [1.54, 1.807) is 6.08 Å². The quantitative estimate of drug-likeness (QED) is 0.143. The number of nitrogens with zero attached hydrogens (tertiary/aromatic N) is 3. The van der Waals surface area contributed by atoms with Gasteiger partial charge in [0.15, 0.2) is 5.82 Å². The number of benzene rings is 3. The molecule has 0 spiro atoms. The molecule has 55 heavy (non-hydrogen) atoms. The van der Waals surface area contributed by atoms with Crippen LogP contribution in [-0.2, 0) is 5.41 Å². The largest absolute Gasteiger partial charge is 0.264 e. The lowest BCUT2D eigenvalue weighted by Crippen LogP contribution is -2.41. The third kappa shape index (κ3) is 6.46. The van der Waals surface area contributed by atoms with Crippen molar-refractivity contribution < 1.29 is 0 Å². The summed E-state index contributed by atoms with van der Waals surface area (Å²) in [5.41, 5.74) is 13.2. The first-order chi connectivity index (χ1) is 27.2. The van der Waals surface area contributed by atoms with Crippen molar-refractivity contribution in [2.24, 2.45) is 11.8 Å². The molecule has 0 radical (unpaired) electrons. The monoisotopic (exact) mass is 709 g/mol. The summed E-state index contributed by atoms with van der Waals surface area (Å²) in [5, 5.41) is 0. The van der Waals surface area contributed by atoms with Crippen LogP contribution in [0.4, 0.5) is 0 Å². The fourth-order valence-electron chi connectivity index (χ4n) is 9.21. The van der Waals surface area contributed by atoms with Crippen molar-refractivity contribution >= 4 is 11.6 Å². The van der Waals surface area contributed by atoms with Gasteiger partial charge in [-0.15, -0.1) is 0 Å². The van der Waals surface area contributed by atoms with Crippen molar-refractivity contribution in [1.82, 2.24) is 15.0 Å². The highest BCUT2D eigenvalue weighted by Gasteiger charge is 2.54. The summed E-state index contributed by atoms with van der Waals surface area (Å²) in [5.74, 6) is 1.46. The number of hydrogen-bond acceptors (Lipinski definition) is 3. The summed E-state index contributed by atoms with van der Waals surface area (Å²) < 4.78 is 0. The molecule has 4 unspecified atom stereocenters. The molecule has 2 aromatic heterocycles. The van der Waals surface area contributed by atoms with E-state index in [1.807, 2.05) is 24.4 Å². The molecule has 3 nitrogen and oxygen atoms in total. The van der Waals surface area contributed by atoms with Crippen LogP contribution in [0.15, 0.2) is 206 Å². The minimum Gasteiger partial charge on any atom is -0.264 e. The third-order valence-electron chi connectivity index (χ3n) is 11.7. The van der Waals surface area contributed by atoms with Gasteiger partial charge < -0.3 is 0 Å². The molecule has 0 saturated carbocycles. The first-order valence-electron chi connectivity index (χ1n) is 19.3. The van der Waals surface area contributed by atoms with E-state index >= 15 is 0 Å². The van der Waals surface area contributed by atoms with E-state index in [2.05, 4.69) is 176 Å². The average molecular weight is 710 g/mol. The maximum Gasteiger partial charge on any atom is 0.160 e. The first-order valence-corrected chi connectivity index (χ1v) is 19.3. The van der Waals surface area contributed by atoms with Crippen LogP contribution in [0.5, 0.6) is 0 Å². The Hall–Kier alpha value is -6.45. The zero-order valence-corrected chi connectivity index (χ0v) is 30.9. The van der Waals surface area contributed by atoms with E-state index in [-0.39, 0.29) is 17.3 Å². The molecule has 3 aromatic carbocycles. The van der Waals surface area contributed by atoms with Gasteiger partial charge in [0.05, 0.1) is 11.4 Å². The molecule has 0 fully saturated rings. The molecule has 0 N–H and O–H groups in total. The average Bonchev–Trinajstić information content (AvgIpc) is 3.56. The van der Waals surface area contributed by atoms with Crippen LogP contribution in [0.1, 0.15) is 53.1 Å². The fraction of sp³-hybridized carbons (Fsp3) is 0.135. The van der Waals surface area contributed by atoms with E-state index in [9.17, 15) is 0 Å². The van der Waals surface area contributed by atoms with Crippen molar-refractivity contribution in [2.75, 3.05) is 0 Å². The molecule has 0 amide bonds. The molecule has 0 bridgehead atoms. The molecular formula is C52H43N3. The zero-order valence-electron chi connectivity index (χ0n) is 30.9. The van der Waals surface area contributed by atoms with Crippen molar-refractivity contribution in [1.29, 1.82) is 0 Å². The molecule has 266 valence electrons. The molecule has 9 rings (SSSR count). The van der Waals surface area contributed by atoms with Crippen LogP contribution in [-0.4, -0.2) is 15.0 Å². The van der Waals surface area contributed by atoms with E-state index < -0.39 is 0 Å². The topological polar surface area (TPSA) is 38.7 Å². The number of pyridine rings is 1. The van der Waals surface area contributed by atoms with E-state index in [0.717, 1.165) is 53.2 Å². The zero-order chi connectivity index (χ0) is 37.0. The van der Waals surface area contributed by atoms with Gasteiger partial charge in [-0.3, -0.25) is 4.98 Å². The first kappa shape index (κ1) is 34.3. The Bertz CT molecular complexity index is 2490. The Morgan fingerprint density at radius 2 is 1.55 bits per heavy atom. The standard InChI is InChI=1S/C52H43N3/c1-2-3-4-8-17-37-18-15-23-42(32-37)51-54-49(38-19-9-5-10-20-38)35-50(55-51)41-22-16-21-39(33-41)40-28-29-45-46-36-53-31-30-47(46)52(48(45)34-40,43-24-11-6-12-25-43)44-26-13-7-14-27-44/h2-26,28-32,35-36,41,44,48H,1,27,33-34H2/b4-3-,17-8+. The van der Waals surface area contributed by atoms with Gasteiger partial charge in [0, 0.05) is 46.3 Å². The van der Waals surface area contributed by atoms with Crippen molar-refractivity contribution in [2.45, 2.75) is 30.6 Å². The molecule has 4 aliphatic carbocycles. The Balaban J connectivity index is 1.07. The number of allylic oxidation sites excluding steroid dienone is 16. The predicted octanol–water partition coefficient (Wildman–Crippen LogP) is 12.4. The summed E-state index contributed by atoms with van der Waals surface area (Å²) in [7, 11) is 0. The van der Waals surface area contributed by atoms with Gasteiger partial charge in [0.2, 0.25) is 0 Å². The molecular weight excluding hydrogens is 667 g/mol. The number of hydrogen-bond donors (Lipinski definition) is 0. The van der Waals surface area contributed by atoms with Gasteiger partial charge in [-0.2, -0.15) is 0 Å². The Labute approximate surface area is 324 Å². The smallest absolute Gasteiger partial charge is 0.160 e. The number of aromatic nitrogens is 3. The maximum absolute atomic E-state index is 5.29. The summed E-state index contributed by atoms with van der Waals surface area (Å²) in [4.78, 5) is 15.1. The SMILES string of the molecule is C=C/C=C\C=C\c1cccc(-c2nc(-c3ccccc3)cc(C3C=CC=C(C4=CC=C5c6cnccc6C(c6ccccc6)(C6C=CC=CC6)C5C4)C3)n2)c1. The lowest BCUT2D eigenvalue weighted by atomic mass is 9.58. The summed E-state index contributed by atoms with van der Waals surface area (Å²) in [6.07, 6.45) is 37.6. The Morgan fingerprint density at radius 1 is 0.709 bits per heavy atom. The minimum atomic E-state index is -0.200. The lowest BCUT2D eigenvalue weighted by Gasteiger charge is -2.44. The predicted molar refractivity (Wildman–Crippen MR) is 228 cm³/mol. The van der Waals surface area contributed by atoms with Gasteiger partial charge >= 0.3 is 0 Å². The van der Waals surface area contributed by atoms with Gasteiger partial charge in [-0.05, 0) is 76.8 Å². The molecule has 5 aromatic rings. The fourth-order valence-corrected chi connectivity index (χ4v) is 9.21. The molecule has 3 heteroatoms. The van der Waals surface area contributed by atoms with Crippen molar-refractivity contribution in [3.8, 4) is 22.6 Å². The van der Waals surface area contributed by atoms with Crippen LogP contribution in [0.2, 0.25) is 0 Å². The third-order valence-corrected chi connectivity index (χ3v) is 11.7. The van der Waals surface area contributed by atoms with Crippen molar-refractivity contribution in [3.63, 3.8) is 0 Å². The number of fused-ring (bicyclic) bond motifs is 3. The van der Waals surface area contributed by atoms with Crippen LogP contribution in [0, 0.1) is 11.8 Å². The maximum atomic E-state index is 5.29. The summed E-state index contributed by atoms with van der Waals surface area (Å²) >= 11 is 0. The molecule has 4 aliphatic rings. The molecule has 4 atom stereocenters. The highest BCUT2D eigenvalue weighted by Crippen LogP contribution is 2.62. The van der Waals surface area contributed by atoms with E-state index in [1.165, 1.54) is 33.4 Å². The highest BCUT2D eigenvalue weighted by molar-refractivity contribution is 5.82. The van der Waals surface area contributed by atoms with Crippen LogP contribution < -0.4 is 0 Å². The lowest BCUT2D eigenvalue weighted by molar-refractivity contribution is 0.308. The highest BCUT2D eigenvalue weighted by atomic mass is 14.9. The second kappa shape index (κ2) is 15.1. The van der Waals surface area contributed by atoms with E-state index in [0.29, 0.717) is 5.92 Å². The minimum absolute atomic E-state index is 0.109. The van der Waals surface area contributed by atoms with Crippen LogP contribution in [0.25, 0.3) is 34.3 Å². The second-order valence-electron chi connectivity index (χ2n) is 14.7. The molecule has 0 aliphatic heterocycles. The Morgan fingerprint density at radius 3 is 2.38 bits per heavy atom. The van der Waals surface area contributed by atoms with E-state index in [4.69, 9.17) is 9.97 Å². The van der Waals surface area contributed by atoms with Crippen molar-refractivity contribution in [3.05, 3.63) is 234 Å². The normalized spacial score (nSPS) is 22.6. The second-order valence-corrected chi connectivity index (χ2v) is 14.7. The van der Waals surface area contributed by atoms with Gasteiger partial charge in [-0.25, -0.2) is 9.97 Å². The van der Waals surface area contributed by atoms with Gasteiger partial charge in [0.25, 0.3) is 0 Å². The van der Waals surface area contributed by atoms with Gasteiger partial charge in [-0.1, -0.05) is 171 Å². The number of rotatable bonds is 9. The molecule has 2 heterocycles. The summed E-state index contributed by atoms with van der Waals surface area (Å²) in [6, 6.07) is 34.6. The molecule has 0 saturated heterocycles. The van der Waals surface area contributed by atoms with Crippen LogP contribution in [0.3, 0.4) is 0 Å². The Kier molecular flexibility index (Phi) is 9.44. The summed E-state index contributed by atoms with van der Waals surface area (Å²) in [6.45, 7) is 3.77.